The van der Waals surface area contributed by atoms with Gasteiger partial charge in [-0.2, -0.15) is 10.5 Å². The lowest BCUT2D eigenvalue weighted by Crippen LogP contribution is -2.27. The highest BCUT2D eigenvalue weighted by atomic mass is 32.1. The van der Waals surface area contributed by atoms with E-state index in [1.54, 1.807) is 30.3 Å². The van der Waals surface area contributed by atoms with Crippen LogP contribution >= 0.6 is 45.3 Å². The summed E-state index contributed by atoms with van der Waals surface area (Å²) in [7, 11) is 0. The van der Waals surface area contributed by atoms with Crippen LogP contribution in [-0.4, -0.2) is 23.0 Å². The molecule has 2 aromatic carbocycles. The third-order valence-electron chi connectivity index (χ3n) is 10.7. The van der Waals surface area contributed by atoms with Crippen molar-refractivity contribution >= 4 is 98.9 Å². The summed E-state index contributed by atoms with van der Waals surface area (Å²) < 4.78 is 72.4. The molecular formula is C44H18F4N6O4S4. The number of hydrogen-bond acceptors (Lipinski definition) is 13. The number of Topliss-reactive ketones (excluding diaryl/α,β-unsaturated/α-hetero) is 2. The summed E-state index contributed by atoms with van der Waals surface area (Å²) >= 11 is 5.45. The van der Waals surface area contributed by atoms with Crippen LogP contribution in [0.3, 0.4) is 0 Å². The molecule has 0 bridgehead atoms. The molecule has 4 aliphatic rings. The van der Waals surface area contributed by atoms with Crippen LogP contribution in [0.25, 0.3) is 44.9 Å². The lowest BCUT2D eigenvalue weighted by molar-refractivity contribution is 0.106. The molecule has 0 unspecified atom stereocenters. The average Bonchev–Trinajstić information content (AvgIpc) is 4.05. The second-order valence-electron chi connectivity index (χ2n) is 15.2. The summed E-state index contributed by atoms with van der Waals surface area (Å²) in [5, 5.41) is 29.8. The van der Waals surface area contributed by atoms with Crippen LogP contribution in [0.4, 0.5) is 27.6 Å². The van der Waals surface area contributed by atoms with E-state index in [0.29, 0.717) is 31.3 Å². The number of benzene rings is 2. The summed E-state index contributed by atoms with van der Waals surface area (Å²) in [6.07, 6.45) is 0. The van der Waals surface area contributed by atoms with Gasteiger partial charge in [0.05, 0.1) is 41.5 Å². The third-order valence-corrected chi connectivity index (χ3v) is 15.6. The minimum Gasteiger partial charge on any atom is -0.481 e. The minimum atomic E-state index is -1.26. The molecule has 6 heterocycles. The molecule has 0 saturated heterocycles. The molecule has 0 saturated carbocycles. The molecule has 0 spiro atoms. The molecule has 6 aromatic rings. The molecule has 2 aliphatic carbocycles. The second-order valence-corrected chi connectivity index (χ2v) is 19.3. The van der Waals surface area contributed by atoms with Crippen molar-refractivity contribution in [3.05, 3.63) is 116 Å². The molecule has 62 heavy (non-hydrogen) atoms. The molecular weight excluding hydrogens is 881 g/mol. The van der Waals surface area contributed by atoms with Crippen molar-refractivity contribution in [2.75, 3.05) is 0 Å². The molecule has 10 nitrogen and oxygen atoms in total. The van der Waals surface area contributed by atoms with E-state index in [1.807, 2.05) is 27.7 Å². The number of nitriles is 3. The first-order valence-corrected chi connectivity index (χ1v) is 21.4. The van der Waals surface area contributed by atoms with E-state index in [4.69, 9.17) is 16.0 Å². The number of thiophene rings is 4. The lowest BCUT2D eigenvalue weighted by Gasteiger charge is -2.31. The number of halogens is 4. The molecule has 0 atom stereocenters. The molecule has 2 aliphatic heterocycles. The fourth-order valence-corrected chi connectivity index (χ4v) is 13.8. The van der Waals surface area contributed by atoms with Gasteiger partial charge in [0, 0.05) is 51.1 Å². The maximum absolute atomic E-state index is 14.4. The predicted octanol–water partition coefficient (Wildman–Crippen LogP) is 12.1. The summed E-state index contributed by atoms with van der Waals surface area (Å²) in [5.74, 6) is -5.58. The molecule has 4 aromatic heterocycles. The van der Waals surface area contributed by atoms with E-state index in [-0.39, 0.29) is 44.8 Å². The normalized spacial score (nSPS) is 18.1. The molecule has 300 valence electrons. The molecule has 0 N–H and O–H groups in total. The Morgan fingerprint density at radius 1 is 0.613 bits per heavy atom. The number of ketones is 2. The second kappa shape index (κ2) is 13.2. The summed E-state index contributed by atoms with van der Waals surface area (Å²) in [6, 6.07) is 11.5. The summed E-state index contributed by atoms with van der Waals surface area (Å²) in [4.78, 5) is 42.7. The smallest absolute Gasteiger partial charge is 0.271 e. The number of aliphatic imine (C=N–C) groups is 2. The fourth-order valence-electron chi connectivity index (χ4n) is 8.12. The number of ether oxygens (including phenoxy) is 2. The van der Waals surface area contributed by atoms with Gasteiger partial charge in [-0.1, -0.05) is 0 Å². The van der Waals surface area contributed by atoms with E-state index < -0.39 is 57.3 Å². The number of hydrogen-bond donors (Lipinski definition) is 0. The fraction of sp³-hybridized carbons (Fsp3) is 0.136. The highest BCUT2D eigenvalue weighted by Gasteiger charge is 2.45. The van der Waals surface area contributed by atoms with Gasteiger partial charge in [-0.25, -0.2) is 37.7 Å². The van der Waals surface area contributed by atoms with E-state index >= 15 is 0 Å². The van der Waals surface area contributed by atoms with E-state index in [0.717, 1.165) is 54.5 Å². The number of nitrogens with zero attached hydrogens (tertiary/aromatic N) is 6. The third kappa shape index (κ3) is 5.38. The van der Waals surface area contributed by atoms with Crippen LogP contribution in [0.5, 0.6) is 11.5 Å². The zero-order valence-corrected chi connectivity index (χ0v) is 35.2. The Labute approximate surface area is 363 Å². The summed E-state index contributed by atoms with van der Waals surface area (Å²) in [5.41, 5.74) is -2.58. The van der Waals surface area contributed by atoms with E-state index in [9.17, 15) is 42.9 Å². The first kappa shape index (κ1) is 39.1. The van der Waals surface area contributed by atoms with Crippen molar-refractivity contribution in [1.29, 1.82) is 15.8 Å². The minimum absolute atomic E-state index is 0.0950. The van der Waals surface area contributed by atoms with Gasteiger partial charge < -0.3 is 9.47 Å². The molecule has 10 rings (SSSR count). The Balaban J connectivity index is 1.09. The van der Waals surface area contributed by atoms with E-state index in [2.05, 4.69) is 14.8 Å². The van der Waals surface area contributed by atoms with Gasteiger partial charge in [-0.15, -0.1) is 45.3 Å². The molecule has 0 fully saturated rings. The maximum Gasteiger partial charge on any atom is 0.271 e. The number of rotatable bonds is 2. The Hall–Kier alpha value is -7.06. The summed E-state index contributed by atoms with van der Waals surface area (Å²) in [6.45, 7) is 15.2. The van der Waals surface area contributed by atoms with Gasteiger partial charge in [0.1, 0.15) is 61.8 Å². The predicted molar refractivity (Wildman–Crippen MR) is 226 cm³/mol. The van der Waals surface area contributed by atoms with Crippen LogP contribution in [0, 0.1) is 63.8 Å². The molecule has 0 radical (unpaired) electrons. The first-order valence-electron chi connectivity index (χ1n) is 18.1. The lowest BCUT2D eigenvalue weighted by atomic mass is 9.92. The van der Waals surface area contributed by atoms with Crippen molar-refractivity contribution in [2.24, 2.45) is 9.98 Å². The van der Waals surface area contributed by atoms with Crippen molar-refractivity contribution in [3.8, 4) is 49.2 Å². The first-order chi connectivity index (χ1) is 29.5. The van der Waals surface area contributed by atoms with Crippen LogP contribution in [0.2, 0.25) is 0 Å². The SMILES string of the molecule is [C-]#[N+]C(C#N)=C1C(=Nc2cc3c(s2)-c2sc4c5c(sc4c2C(C)(C)O3)-c2sc(N=C3C(=O)c4cc(F)c(F)cc4C3=C(C#N)C#N)cc2OC5(C)C)C(=O)c2cc(F)c(F)cc21. The van der Waals surface area contributed by atoms with Gasteiger partial charge in [0.15, 0.2) is 23.3 Å². The molecule has 18 heteroatoms. The standard InChI is InChI=1S/C44H18F4N6O4S4/c1-43(2)31-39(37-25(57-43)10-27(59-37)53-33-29(15(12-49)13-50)16-6-20(45)22(47)8-18(16)35(33)55)61-42-32-40(62-41(31)42)38-26(58-44(32,3)4)11-28(60-38)54-34-30(24(14-51)52-5)17-7-21(46)23(48)9-19(17)36(34)56/h6-11H,1-4H3. The zero-order chi connectivity index (χ0) is 43.9. The largest absolute Gasteiger partial charge is 0.481 e. The molecule has 0 amide bonds. The Morgan fingerprint density at radius 3 is 1.42 bits per heavy atom. The van der Waals surface area contributed by atoms with Gasteiger partial charge >= 0.3 is 0 Å². The van der Waals surface area contributed by atoms with E-state index in [1.165, 1.54) is 45.3 Å². The van der Waals surface area contributed by atoms with Gasteiger partial charge in [-0.05, 0) is 57.5 Å². The van der Waals surface area contributed by atoms with Crippen LogP contribution in [0.1, 0.15) is 70.7 Å². The number of fused-ring (bicyclic) bond motifs is 11. The zero-order valence-electron chi connectivity index (χ0n) is 31.9. The number of carbonyl (C=O) groups is 2. The number of carbonyl (C=O) groups excluding carboxylic acids is 2. The van der Waals surface area contributed by atoms with Crippen LogP contribution in [-0.2, 0) is 11.2 Å². The van der Waals surface area contributed by atoms with Gasteiger partial charge in [-0.3, -0.25) is 9.59 Å². The van der Waals surface area contributed by atoms with Crippen molar-refractivity contribution in [3.63, 3.8) is 0 Å². The quantitative estimate of drug-likeness (QED) is 0.0952. The monoisotopic (exact) mass is 898 g/mol. The van der Waals surface area contributed by atoms with Crippen LogP contribution in [0.15, 0.2) is 57.7 Å². The van der Waals surface area contributed by atoms with Crippen molar-refractivity contribution in [2.45, 2.75) is 38.9 Å². The van der Waals surface area contributed by atoms with Crippen LogP contribution < -0.4 is 9.47 Å². The topological polar surface area (TPSA) is 153 Å². The van der Waals surface area contributed by atoms with Crippen molar-refractivity contribution < 1.29 is 36.6 Å². The average molecular weight is 899 g/mol. The van der Waals surface area contributed by atoms with Gasteiger partial charge in [0.25, 0.3) is 5.70 Å². The maximum atomic E-state index is 14.4. The highest BCUT2D eigenvalue weighted by molar-refractivity contribution is 7.34. The van der Waals surface area contributed by atoms with Crippen molar-refractivity contribution in [1.82, 2.24) is 0 Å². The Morgan fingerprint density at radius 2 is 1.02 bits per heavy atom. The highest BCUT2D eigenvalue weighted by Crippen LogP contribution is 2.63. The Kier molecular flexibility index (Phi) is 8.34. The Bertz CT molecular complexity index is 3250. The number of allylic oxidation sites excluding steroid dienone is 4. The van der Waals surface area contributed by atoms with Gasteiger partial charge in [0.2, 0.25) is 11.6 Å².